The van der Waals surface area contributed by atoms with Gasteiger partial charge in [-0.05, 0) is 25.0 Å². The van der Waals surface area contributed by atoms with Crippen LogP contribution in [0.3, 0.4) is 0 Å². The van der Waals surface area contributed by atoms with Gasteiger partial charge in [0, 0.05) is 51.1 Å². The van der Waals surface area contributed by atoms with Crippen LogP contribution in [0.1, 0.15) is 25.0 Å². The van der Waals surface area contributed by atoms with Gasteiger partial charge in [0.2, 0.25) is 5.91 Å². The molecular weight excluding hydrogens is 242 g/mol. The fourth-order valence-corrected chi connectivity index (χ4v) is 1.97. The number of ether oxygens (including phenoxy) is 1. The molecule has 0 radical (unpaired) electrons. The van der Waals surface area contributed by atoms with E-state index in [2.05, 4.69) is 21.3 Å². The zero-order chi connectivity index (χ0) is 13.5. The van der Waals surface area contributed by atoms with Crippen LogP contribution < -0.4 is 10.6 Å². The highest BCUT2D eigenvalue weighted by molar-refractivity contribution is 5.76. The van der Waals surface area contributed by atoms with Crippen molar-refractivity contribution in [3.8, 4) is 0 Å². The maximum absolute atomic E-state index is 11.6. The van der Waals surface area contributed by atoms with E-state index < -0.39 is 0 Å². The fraction of sp³-hybridized carbons (Fsp3) is 0.643. The molecular formula is C14H23N3O2. The summed E-state index contributed by atoms with van der Waals surface area (Å²) in [4.78, 5) is 11.6. The first-order chi connectivity index (χ1) is 9.29. The van der Waals surface area contributed by atoms with Gasteiger partial charge in [-0.2, -0.15) is 0 Å². The van der Waals surface area contributed by atoms with Crippen molar-refractivity contribution >= 4 is 5.91 Å². The Balaban J connectivity index is 1.70. The van der Waals surface area contributed by atoms with Crippen LogP contribution in [0, 0.1) is 0 Å². The molecule has 2 rings (SSSR count). The summed E-state index contributed by atoms with van der Waals surface area (Å²) in [5.41, 5.74) is 1.20. The number of aryl methyl sites for hydroxylation is 1. The maximum atomic E-state index is 11.6. The Morgan fingerprint density at radius 1 is 1.53 bits per heavy atom. The molecule has 1 heterocycles. The summed E-state index contributed by atoms with van der Waals surface area (Å²) in [7, 11) is 1.70. The van der Waals surface area contributed by atoms with E-state index in [1.807, 2.05) is 12.3 Å². The van der Waals surface area contributed by atoms with E-state index in [1.165, 1.54) is 5.69 Å². The first-order valence-corrected chi connectivity index (χ1v) is 6.92. The minimum atomic E-state index is 0.162. The van der Waals surface area contributed by atoms with Crippen molar-refractivity contribution in [3.63, 3.8) is 0 Å². The van der Waals surface area contributed by atoms with Gasteiger partial charge in [0.15, 0.2) is 0 Å². The highest BCUT2D eigenvalue weighted by Crippen LogP contribution is 2.18. The molecule has 1 saturated carbocycles. The Labute approximate surface area is 114 Å². The van der Waals surface area contributed by atoms with E-state index in [1.54, 1.807) is 7.11 Å². The smallest absolute Gasteiger partial charge is 0.222 e. The first kappa shape index (κ1) is 14.1. The highest BCUT2D eigenvalue weighted by atomic mass is 16.5. The lowest BCUT2D eigenvalue weighted by molar-refractivity contribution is -0.121. The quantitative estimate of drug-likeness (QED) is 0.652. The zero-order valence-corrected chi connectivity index (χ0v) is 11.5. The Bertz CT molecular complexity index is 399. The molecule has 2 N–H and O–H groups in total. The number of rotatable bonds is 9. The number of amides is 1. The van der Waals surface area contributed by atoms with Crippen molar-refractivity contribution in [3.05, 3.63) is 24.0 Å². The molecule has 1 aromatic rings. The predicted molar refractivity (Wildman–Crippen MR) is 73.8 cm³/mol. The summed E-state index contributed by atoms with van der Waals surface area (Å²) in [5.74, 6) is 0.162. The van der Waals surface area contributed by atoms with Gasteiger partial charge in [0.05, 0.1) is 6.61 Å². The largest absolute Gasteiger partial charge is 0.383 e. The molecule has 0 saturated heterocycles. The van der Waals surface area contributed by atoms with Crippen LogP contribution in [-0.4, -0.2) is 36.8 Å². The van der Waals surface area contributed by atoms with Crippen LogP contribution in [0.15, 0.2) is 18.3 Å². The van der Waals surface area contributed by atoms with Crippen molar-refractivity contribution in [2.75, 3.05) is 20.3 Å². The normalized spacial score (nSPS) is 14.6. The van der Waals surface area contributed by atoms with Crippen molar-refractivity contribution in [2.24, 2.45) is 0 Å². The second kappa shape index (κ2) is 7.31. The maximum Gasteiger partial charge on any atom is 0.222 e. The van der Waals surface area contributed by atoms with Crippen LogP contribution in [0.2, 0.25) is 0 Å². The van der Waals surface area contributed by atoms with E-state index in [0.717, 1.165) is 32.5 Å². The average Bonchev–Trinajstić information content (AvgIpc) is 3.09. The summed E-state index contributed by atoms with van der Waals surface area (Å²) < 4.78 is 7.12. The van der Waals surface area contributed by atoms with Crippen LogP contribution >= 0.6 is 0 Å². The number of carbonyl (C=O) groups is 1. The SMILES string of the molecule is COCCNCc1cccn1CCC(=O)NC1CC1. The number of nitrogens with one attached hydrogen (secondary N) is 2. The molecule has 0 atom stereocenters. The Morgan fingerprint density at radius 3 is 3.11 bits per heavy atom. The van der Waals surface area contributed by atoms with Gasteiger partial charge in [-0.3, -0.25) is 4.79 Å². The lowest BCUT2D eigenvalue weighted by Crippen LogP contribution is -2.26. The van der Waals surface area contributed by atoms with Gasteiger partial charge in [-0.25, -0.2) is 0 Å². The van der Waals surface area contributed by atoms with E-state index in [-0.39, 0.29) is 5.91 Å². The number of methoxy groups -OCH3 is 1. The summed E-state index contributed by atoms with van der Waals surface area (Å²) in [6.45, 7) is 3.10. The van der Waals surface area contributed by atoms with Gasteiger partial charge in [-0.1, -0.05) is 0 Å². The number of aromatic nitrogens is 1. The Hall–Kier alpha value is -1.33. The molecule has 0 aliphatic heterocycles. The predicted octanol–water partition coefficient (Wildman–Crippen LogP) is 0.893. The van der Waals surface area contributed by atoms with E-state index in [4.69, 9.17) is 4.74 Å². The lowest BCUT2D eigenvalue weighted by Gasteiger charge is -2.10. The summed E-state index contributed by atoms with van der Waals surface area (Å²) >= 11 is 0. The second-order valence-electron chi connectivity index (χ2n) is 4.95. The fourth-order valence-electron chi connectivity index (χ4n) is 1.97. The summed E-state index contributed by atoms with van der Waals surface area (Å²) in [5, 5.41) is 6.32. The topological polar surface area (TPSA) is 55.3 Å². The molecule has 1 aromatic heterocycles. The van der Waals surface area contributed by atoms with Crippen LogP contribution in [0.5, 0.6) is 0 Å². The highest BCUT2D eigenvalue weighted by Gasteiger charge is 2.22. The molecule has 0 aromatic carbocycles. The number of nitrogens with zero attached hydrogens (tertiary/aromatic N) is 1. The van der Waals surface area contributed by atoms with Crippen LogP contribution in [0.25, 0.3) is 0 Å². The molecule has 0 spiro atoms. The summed E-state index contributed by atoms with van der Waals surface area (Å²) in [6, 6.07) is 4.55. The molecule has 1 aliphatic carbocycles. The third-order valence-corrected chi connectivity index (χ3v) is 3.23. The molecule has 5 heteroatoms. The first-order valence-electron chi connectivity index (χ1n) is 6.92. The number of hydrogen-bond acceptors (Lipinski definition) is 3. The Kier molecular flexibility index (Phi) is 5.42. The minimum Gasteiger partial charge on any atom is -0.383 e. The molecule has 19 heavy (non-hydrogen) atoms. The van der Waals surface area contributed by atoms with Gasteiger partial charge in [0.25, 0.3) is 0 Å². The third kappa shape index (κ3) is 5.04. The average molecular weight is 265 g/mol. The van der Waals surface area contributed by atoms with Gasteiger partial charge in [0.1, 0.15) is 0 Å². The molecule has 106 valence electrons. The monoisotopic (exact) mass is 265 g/mol. The third-order valence-electron chi connectivity index (χ3n) is 3.23. The zero-order valence-electron chi connectivity index (χ0n) is 11.5. The van der Waals surface area contributed by atoms with Gasteiger partial charge >= 0.3 is 0 Å². The molecule has 1 amide bonds. The lowest BCUT2D eigenvalue weighted by atomic mass is 10.3. The van der Waals surface area contributed by atoms with E-state index >= 15 is 0 Å². The molecule has 5 nitrogen and oxygen atoms in total. The molecule has 0 bridgehead atoms. The van der Waals surface area contributed by atoms with Gasteiger partial charge < -0.3 is 19.9 Å². The van der Waals surface area contributed by atoms with Crippen molar-refractivity contribution in [1.29, 1.82) is 0 Å². The van der Waals surface area contributed by atoms with Crippen LogP contribution in [0.4, 0.5) is 0 Å². The van der Waals surface area contributed by atoms with Crippen LogP contribution in [-0.2, 0) is 22.6 Å². The van der Waals surface area contributed by atoms with Gasteiger partial charge in [-0.15, -0.1) is 0 Å². The molecule has 0 unspecified atom stereocenters. The summed E-state index contributed by atoms with van der Waals surface area (Å²) in [6.07, 6.45) is 4.86. The number of hydrogen-bond donors (Lipinski definition) is 2. The van der Waals surface area contributed by atoms with E-state index in [9.17, 15) is 4.79 Å². The van der Waals surface area contributed by atoms with E-state index in [0.29, 0.717) is 19.1 Å². The minimum absolute atomic E-state index is 0.162. The molecule has 1 fully saturated rings. The second-order valence-corrected chi connectivity index (χ2v) is 4.95. The van der Waals surface area contributed by atoms with Crippen molar-refractivity contribution in [1.82, 2.24) is 15.2 Å². The number of carbonyl (C=O) groups excluding carboxylic acids is 1. The molecule has 1 aliphatic rings. The van der Waals surface area contributed by atoms with Crippen molar-refractivity contribution < 1.29 is 9.53 Å². The standard InChI is InChI=1S/C14H23N3O2/c1-19-10-7-15-11-13-3-2-8-17(13)9-6-14(18)16-12-4-5-12/h2-3,8,12,15H,4-7,9-11H2,1H3,(H,16,18). The Morgan fingerprint density at radius 2 is 2.37 bits per heavy atom. The van der Waals surface area contributed by atoms with Crippen molar-refractivity contribution in [2.45, 2.75) is 38.4 Å².